The number of anilines is 1. The second-order valence-electron chi connectivity index (χ2n) is 6.78. The van der Waals surface area contributed by atoms with Gasteiger partial charge in [0.25, 0.3) is 11.8 Å². The minimum atomic E-state index is -0.621. The Labute approximate surface area is 174 Å². The Balaban J connectivity index is 2.96. The van der Waals surface area contributed by atoms with Crippen LogP contribution in [0.2, 0.25) is 0 Å². The molecule has 0 fully saturated rings. The summed E-state index contributed by atoms with van der Waals surface area (Å²) in [6.45, 7) is 9.18. The standard InChI is InChI=1S/C19H29N3O6S/c1-7-27-18(25)15-12(5)16(19(26)28-8-2)29-17(15)21-14(24)10-22(6)9-13(23)20-11(3)4/h11H,7-10H2,1-6H3,(H,20,23)(H,21,24)/p+1. The number of thiophene rings is 1. The molecular weight excluding hydrogens is 398 g/mol. The Morgan fingerprint density at radius 1 is 1.00 bits per heavy atom. The van der Waals surface area contributed by atoms with Crippen molar-refractivity contribution in [3.63, 3.8) is 0 Å². The number of hydrogen-bond donors (Lipinski definition) is 3. The number of hydrogen-bond acceptors (Lipinski definition) is 7. The second-order valence-corrected chi connectivity index (χ2v) is 7.80. The Morgan fingerprint density at radius 2 is 1.55 bits per heavy atom. The highest BCUT2D eigenvalue weighted by molar-refractivity contribution is 7.18. The molecule has 1 unspecified atom stereocenters. The number of esters is 2. The second kappa shape index (κ2) is 11.5. The number of nitrogens with one attached hydrogen (secondary N) is 3. The topological polar surface area (TPSA) is 115 Å². The summed E-state index contributed by atoms with van der Waals surface area (Å²) in [4.78, 5) is 49.7. The predicted octanol–water partition coefficient (Wildman–Crippen LogP) is 0.388. The van der Waals surface area contributed by atoms with Gasteiger partial charge >= 0.3 is 11.9 Å². The van der Waals surface area contributed by atoms with Crippen molar-refractivity contribution in [2.24, 2.45) is 0 Å². The number of rotatable bonds is 10. The van der Waals surface area contributed by atoms with E-state index in [0.29, 0.717) is 10.5 Å². The van der Waals surface area contributed by atoms with Crippen LogP contribution in [0.3, 0.4) is 0 Å². The molecule has 0 saturated heterocycles. The highest BCUT2D eigenvalue weighted by Crippen LogP contribution is 2.34. The summed E-state index contributed by atoms with van der Waals surface area (Å²) >= 11 is 0.970. The Morgan fingerprint density at radius 3 is 2.10 bits per heavy atom. The quantitative estimate of drug-likeness (QED) is 0.465. The summed E-state index contributed by atoms with van der Waals surface area (Å²) < 4.78 is 10.1. The average Bonchev–Trinajstić information content (AvgIpc) is 2.90. The maximum atomic E-state index is 12.5. The van der Waals surface area contributed by atoms with E-state index < -0.39 is 11.9 Å². The first kappa shape index (κ1) is 24.6. The molecular formula is C19H30N3O6S+. The van der Waals surface area contributed by atoms with Crippen LogP contribution in [0.15, 0.2) is 0 Å². The zero-order valence-electron chi connectivity index (χ0n) is 17.8. The van der Waals surface area contributed by atoms with E-state index in [4.69, 9.17) is 9.47 Å². The summed E-state index contributed by atoms with van der Waals surface area (Å²) in [6.07, 6.45) is 0. The largest absolute Gasteiger partial charge is 0.462 e. The van der Waals surface area contributed by atoms with E-state index >= 15 is 0 Å². The van der Waals surface area contributed by atoms with Crippen molar-refractivity contribution >= 4 is 40.1 Å². The first-order chi connectivity index (χ1) is 13.6. The van der Waals surface area contributed by atoms with E-state index in [2.05, 4.69) is 10.6 Å². The maximum Gasteiger partial charge on any atom is 0.348 e. The number of carbonyl (C=O) groups is 4. The molecule has 1 aromatic rings. The van der Waals surface area contributed by atoms with Gasteiger partial charge in [0.2, 0.25) is 0 Å². The number of amides is 2. The van der Waals surface area contributed by atoms with Crippen molar-refractivity contribution in [3.8, 4) is 0 Å². The molecule has 0 saturated carbocycles. The van der Waals surface area contributed by atoms with Crippen molar-refractivity contribution in [1.29, 1.82) is 0 Å². The van der Waals surface area contributed by atoms with Gasteiger partial charge in [-0.2, -0.15) is 0 Å². The van der Waals surface area contributed by atoms with Crippen molar-refractivity contribution in [2.75, 3.05) is 38.7 Å². The minimum Gasteiger partial charge on any atom is -0.462 e. The normalized spacial score (nSPS) is 11.7. The van der Waals surface area contributed by atoms with Crippen LogP contribution in [0.4, 0.5) is 5.00 Å². The molecule has 9 nitrogen and oxygen atoms in total. The van der Waals surface area contributed by atoms with Crippen LogP contribution in [-0.2, 0) is 19.1 Å². The zero-order valence-corrected chi connectivity index (χ0v) is 18.6. The molecule has 162 valence electrons. The van der Waals surface area contributed by atoms with E-state index in [0.717, 1.165) is 11.3 Å². The van der Waals surface area contributed by atoms with Gasteiger partial charge in [-0.25, -0.2) is 9.59 Å². The lowest BCUT2D eigenvalue weighted by molar-refractivity contribution is -0.862. The lowest BCUT2D eigenvalue weighted by Gasteiger charge is -2.15. The van der Waals surface area contributed by atoms with Crippen molar-refractivity contribution in [3.05, 3.63) is 16.0 Å². The molecule has 29 heavy (non-hydrogen) atoms. The van der Waals surface area contributed by atoms with Crippen LogP contribution < -0.4 is 15.5 Å². The first-order valence-corrected chi connectivity index (χ1v) is 10.3. The molecule has 0 bridgehead atoms. The van der Waals surface area contributed by atoms with Gasteiger partial charge in [-0.3, -0.25) is 9.59 Å². The minimum absolute atomic E-state index is 0.0134. The molecule has 0 radical (unpaired) electrons. The van der Waals surface area contributed by atoms with E-state index in [9.17, 15) is 19.2 Å². The van der Waals surface area contributed by atoms with Crippen LogP contribution in [0.1, 0.15) is 53.3 Å². The van der Waals surface area contributed by atoms with E-state index in [1.165, 1.54) is 0 Å². The number of likely N-dealkylation sites (N-methyl/N-ethyl adjacent to an activating group) is 1. The Hall–Kier alpha value is -2.46. The van der Waals surface area contributed by atoms with Crippen LogP contribution in [-0.4, -0.2) is 63.1 Å². The predicted molar refractivity (Wildman–Crippen MR) is 109 cm³/mol. The average molecular weight is 429 g/mol. The van der Waals surface area contributed by atoms with E-state index in [-0.39, 0.29) is 59.6 Å². The van der Waals surface area contributed by atoms with Crippen LogP contribution in [0.5, 0.6) is 0 Å². The molecule has 10 heteroatoms. The SMILES string of the molecule is CCOC(=O)c1sc(NC(=O)C[NH+](C)CC(=O)NC(C)C)c(C(=O)OCC)c1C. The monoisotopic (exact) mass is 428 g/mol. The van der Waals surface area contributed by atoms with Gasteiger partial charge in [0, 0.05) is 6.04 Å². The molecule has 0 aliphatic heterocycles. The van der Waals surface area contributed by atoms with Gasteiger partial charge in [-0.1, -0.05) is 0 Å². The summed E-state index contributed by atoms with van der Waals surface area (Å²) in [5, 5.41) is 5.67. The highest BCUT2D eigenvalue weighted by atomic mass is 32.1. The van der Waals surface area contributed by atoms with Crippen LogP contribution >= 0.6 is 11.3 Å². The third kappa shape index (κ3) is 7.47. The lowest BCUT2D eigenvalue weighted by Crippen LogP contribution is -3.11. The molecule has 1 atom stereocenters. The molecule has 0 aliphatic carbocycles. The molecule has 1 aromatic heterocycles. The molecule has 0 spiro atoms. The third-order valence-electron chi connectivity index (χ3n) is 3.71. The van der Waals surface area contributed by atoms with E-state index in [1.54, 1.807) is 27.8 Å². The first-order valence-electron chi connectivity index (χ1n) is 9.48. The van der Waals surface area contributed by atoms with Gasteiger partial charge in [0.15, 0.2) is 13.1 Å². The fourth-order valence-electron chi connectivity index (χ4n) is 2.60. The molecule has 1 heterocycles. The van der Waals surface area contributed by atoms with Crippen LogP contribution in [0, 0.1) is 6.92 Å². The highest BCUT2D eigenvalue weighted by Gasteiger charge is 2.28. The molecule has 3 N–H and O–H groups in total. The lowest BCUT2D eigenvalue weighted by atomic mass is 10.1. The van der Waals surface area contributed by atoms with Crippen molar-refractivity contribution in [2.45, 2.75) is 40.7 Å². The summed E-state index contributed by atoms with van der Waals surface area (Å²) in [5.74, 6) is -1.73. The fraction of sp³-hybridized carbons (Fsp3) is 0.579. The molecule has 0 aromatic carbocycles. The van der Waals surface area contributed by atoms with Crippen LogP contribution in [0.25, 0.3) is 0 Å². The number of carbonyl (C=O) groups excluding carboxylic acids is 4. The zero-order chi connectivity index (χ0) is 22.1. The summed E-state index contributed by atoms with van der Waals surface area (Å²) in [7, 11) is 1.72. The fourth-order valence-corrected chi connectivity index (χ4v) is 3.70. The smallest absolute Gasteiger partial charge is 0.348 e. The molecule has 0 aliphatic rings. The summed E-state index contributed by atoms with van der Waals surface area (Å²) in [6, 6.07) is 0.0201. The molecule has 2 amide bonds. The van der Waals surface area contributed by atoms with Crippen molar-refractivity contribution < 1.29 is 33.6 Å². The number of quaternary nitrogens is 1. The Bertz CT molecular complexity index is 759. The van der Waals surface area contributed by atoms with Gasteiger partial charge in [0.05, 0.1) is 25.8 Å². The van der Waals surface area contributed by atoms with Gasteiger partial charge in [-0.05, 0) is 40.2 Å². The van der Waals surface area contributed by atoms with E-state index in [1.807, 2.05) is 13.8 Å². The molecule has 1 rings (SSSR count). The van der Waals surface area contributed by atoms with Gasteiger partial charge in [-0.15, -0.1) is 11.3 Å². The number of ether oxygens (including phenoxy) is 2. The maximum absolute atomic E-state index is 12.5. The van der Waals surface area contributed by atoms with Gasteiger partial charge < -0.3 is 25.0 Å². The summed E-state index contributed by atoms with van der Waals surface area (Å²) in [5.41, 5.74) is 0.544. The third-order valence-corrected chi connectivity index (χ3v) is 4.90. The van der Waals surface area contributed by atoms with Gasteiger partial charge in [0.1, 0.15) is 9.88 Å². The Kier molecular flexibility index (Phi) is 9.76. The van der Waals surface area contributed by atoms with Crippen molar-refractivity contribution in [1.82, 2.24) is 5.32 Å².